The first-order valence-electron chi connectivity index (χ1n) is 7.69. The lowest BCUT2D eigenvalue weighted by Crippen LogP contribution is -2.32. The molecule has 3 atom stereocenters. The van der Waals surface area contributed by atoms with E-state index in [4.69, 9.17) is 4.74 Å². The molecule has 22 heavy (non-hydrogen) atoms. The zero-order valence-electron chi connectivity index (χ0n) is 12.4. The van der Waals surface area contributed by atoms with Gasteiger partial charge in [-0.2, -0.15) is 0 Å². The molecular weight excluding hydrogens is 276 g/mol. The molecule has 1 aliphatic heterocycles. The van der Waals surface area contributed by atoms with Crippen molar-refractivity contribution < 1.29 is 14.6 Å². The highest BCUT2D eigenvalue weighted by Crippen LogP contribution is 2.32. The average molecular weight is 296 g/mol. The topological polar surface area (TPSA) is 46.5 Å². The fraction of sp³-hybridized carbons (Fsp3) is 0.316. The van der Waals surface area contributed by atoms with Crippen LogP contribution in [0.2, 0.25) is 0 Å². The van der Waals surface area contributed by atoms with Gasteiger partial charge >= 0.3 is 0 Å². The van der Waals surface area contributed by atoms with E-state index < -0.39 is 6.10 Å². The van der Waals surface area contributed by atoms with E-state index in [0.717, 1.165) is 5.56 Å². The minimum Gasteiger partial charge on any atom is -0.393 e. The first kappa shape index (κ1) is 14.9. The second-order valence-corrected chi connectivity index (χ2v) is 5.78. The maximum absolute atomic E-state index is 12.3. The lowest BCUT2D eigenvalue weighted by atomic mass is 9.93. The number of Topliss-reactive ketones (excluding diaryl/α,β-unsaturated/α-hetero) is 1. The Hall–Kier alpha value is -1.97. The maximum atomic E-state index is 12.3. The average Bonchev–Trinajstić information content (AvgIpc) is 2.56. The standard InChI is InChI=1S/C19H20O3/c20-16-11-17(13-18(21)14-7-3-1-4-8-14)22-19(12-16)15-9-5-2-6-10-15/h1-10,16-17,19-20H,11-13H2/t16-,17-,19-/m1/s1. The van der Waals surface area contributed by atoms with Crippen LogP contribution in [0.3, 0.4) is 0 Å². The normalized spacial score (nSPS) is 24.9. The van der Waals surface area contributed by atoms with E-state index in [-0.39, 0.29) is 18.0 Å². The number of ether oxygens (including phenoxy) is 1. The Labute approximate surface area is 130 Å². The molecule has 0 unspecified atom stereocenters. The highest BCUT2D eigenvalue weighted by molar-refractivity contribution is 5.96. The van der Waals surface area contributed by atoms with Gasteiger partial charge in [0, 0.05) is 24.8 Å². The molecule has 0 spiro atoms. The van der Waals surface area contributed by atoms with Gasteiger partial charge in [0.25, 0.3) is 0 Å². The van der Waals surface area contributed by atoms with Gasteiger partial charge in [-0.1, -0.05) is 60.7 Å². The van der Waals surface area contributed by atoms with E-state index in [1.807, 2.05) is 60.7 Å². The maximum Gasteiger partial charge on any atom is 0.165 e. The molecule has 0 radical (unpaired) electrons. The number of rotatable bonds is 4. The van der Waals surface area contributed by atoms with Crippen LogP contribution in [0, 0.1) is 0 Å². The molecule has 1 fully saturated rings. The van der Waals surface area contributed by atoms with E-state index in [2.05, 4.69) is 0 Å². The van der Waals surface area contributed by atoms with Gasteiger partial charge in [0.05, 0.1) is 18.3 Å². The molecule has 2 aromatic rings. The lowest BCUT2D eigenvalue weighted by Gasteiger charge is -2.33. The highest BCUT2D eigenvalue weighted by Gasteiger charge is 2.30. The zero-order valence-corrected chi connectivity index (χ0v) is 12.4. The SMILES string of the molecule is O=C(C[C@H]1C[C@@H](O)C[C@H](c2ccccc2)O1)c1ccccc1. The molecule has 3 heteroatoms. The van der Waals surface area contributed by atoms with Crippen LogP contribution < -0.4 is 0 Å². The summed E-state index contributed by atoms with van der Waals surface area (Å²) in [5.41, 5.74) is 1.75. The molecule has 1 aliphatic rings. The molecule has 0 aromatic heterocycles. The molecule has 1 heterocycles. The molecule has 2 aromatic carbocycles. The Kier molecular flexibility index (Phi) is 4.66. The number of carbonyl (C=O) groups is 1. The molecule has 3 nitrogen and oxygen atoms in total. The van der Waals surface area contributed by atoms with Crippen molar-refractivity contribution in [3.8, 4) is 0 Å². The predicted molar refractivity (Wildman–Crippen MR) is 84.7 cm³/mol. The van der Waals surface area contributed by atoms with Crippen molar-refractivity contribution in [3.63, 3.8) is 0 Å². The number of benzene rings is 2. The third-order valence-corrected chi connectivity index (χ3v) is 4.06. The third kappa shape index (κ3) is 3.62. The van der Waals surface area contributed by atoms with Gasteiger partial charge in [-0.3, -0.25) is 4.79 Å². The summed E-state index contributed by atoms with van der Waals surface area (Å²) in [6, 6.07) is 19.1. The van der Waals surface area contributed by atoms with Crippen molar-refractivity contribution in [1.82, 2.24) is 0 Å². The molecule has 1 N–H and O–H groups in total. The summed E-state index contributed by atoms with van der Waals surface area (Å²) in [6.45, 7) is 0. The molecule has 3 rings (SSSR count). The van der Waals surface area contributed by atoms with Gasteiger partial charge in [0.1, 0.15) is 0 Å². The van der Waals surface area contributed by atoms with Crippen molar-refractivity contribution in [2.24, 2.45) is 0 Å². The molecular formula is C19H20O3. The molecule has 114 valence electrons. The molecule has 1 saturated heterocycles. The van der Waals surface area contributed by atoms with Crippen molar-refractivity contribution in [3.05, 3.63) is 71.8 Å². The summed E-state index contributed by atoms with van der Waals surface area (Å²) in [5, 5.41) is 10.1. The first-order valence-corrected chi connectivity index (χ1v) is 7.69. The molecule has 0 bridgehead atoms. The number of carbonyl (C=O) groups excluding carboxylic acids is 1. The summed E-state index contributed by atoms with van der Waals surface area (Å²) < 4.78 is 6.05. The second kappa shape index (κ2) is 6.86. The van der Waals surface area contributed by atoms with E-state index in [0.29, 0.717) is 24.8 Å². The summed E-state index contributed by atoms with van der Waals surface area (Å²) in [4.78, 5) is 12.3. The Morgan fingerprint density at radius 1 is 1.00 bits per heavy atom. The van der Waals surface area contributed by atoms with Gasteiger partial charge in [-0.25, -0.2) is 0 Å². The summed E-state index contributed by atoms with van der Waals surface area (Å²) in [5.74, 6) is 0.0616. The number of hydrogen-bond acceptors (Lipinski definition) is 3. The van der Waals surface area contributed by atoms with Crippen LogP contribution in [-0.4, -0.2) is 23.1 Å². The number of hydrogen-bond donors (Lipinski definition) is 1. The van der Waals surface area contributed by atoms with Crippen molar-refractivity contribution in [2.45, 2.75) is 37.6 Å². The number of ketones is 1. The first-order chi connectivity index (χ1) is 10.7. The summed E-state index contributed by atoms with van der Waals surface area (Å²) in [6.07, 6.45) is 0.611. The predicted octanol–water partition coefficient (Wildman–Crippen LogP) is 3.54. The Balaban J connectivity index is 1.68. The Morgan fingerprint density at radius 3 is 2.32 bits per heavy atom. The minimum atomic E-state index is -0.424. The van der Waals surface area contributed by atoms with Gasteiger partial charge in [-0.05, 0) is 5.56 Å². The third-order valence-electron chi connectivity index (χ3n) is 4.06. The highest BCUT2D eigenvalue weighted by atomic mass is 16.5. The summed E-state index contributed by atoms with van der Waals surface area (Å²) >= 11 is 0. The van der Waals surface area contributed by atoms with Gasteiger partial charge < -0.3 is 9.84 Å². The van der Waals surface area contributed by atoms with Crippen molar-refractivity contribution in [1.29, 1.82) is 0 Å². The number of aliphatic hydroxyl groups is 1. The monoisotopic (exact) mass is 296 g/mol. The van der Waals surface area contributed by atoms with E-state index in [1.165, 1.54) is 0 Å². The van der Waals surface area contributed by atoms with E-state index in [9.17, 15) is 9.90 Å². The Bertz CT molecular complexity index is 609. The zero-order chi connectivity index (χ0) is 15.4. The van der Waals surface area contributed by atoms with Crippen LogP contribution in [-0.2, 0) is 4.74 Å². The molecule has 0 amide bonds. The van der Waals surface area contributed by atoms with Gasteiger partial charge in [-0.15, -0.1) is 0 Å². The Morgan fingerprint density at radius 2 is 1.64 bits per heavy atom. The van der Waals surface area contributed by atoms with Gasteiger partial charge in [0.15, 0.2) is 5.78 Å². The van der Waals surface area contributed by atoms with Crippen LogP contribution in [0.25, 0.3) is 0 Å². The van der Waals surface area contributed by atoms with Crippen molar-refractivity contribution in [2.75, 3.05) is 0 Å². The van der Waals surface area contributed by atoms with Crippen LogP contribution in [0.15, 0.2) is 60.7 Å². The quantitative estimate of drug-likeness (QED) is 0.878. The minimum absolute atomic E-state index is 0.0616. The van der Waals surface area contributed by atoms with Crippen LogP contribution in [0.5, 0.6) is 0 Å². The van der Waals surface area contributed by atoms with E-state index >= 15 is 0 Å². The van der Waals surface area contributed by atoms with Gasteiger partial charge in [0.2, 0.25) is 0 Å². The van der Waals surface area contributed by atoms with Crippen LogP contribution >= 0.6 is 0 Å². The lowest BCUT2D eigenvalue weighted by molar-refractivity contribution is -0.0962. The molecule has 0 aliphatic carbocycles. The molecule has 0 saturated carbocycles. The van der Waals surface area contributed by atoms with E-state index in [1.54, 1.807) is 0 Å². The van der Waals surface area contributed by atoms with Crippen LogP contribution in [0.1, 0.15) is 41.3 Å². The second-order valence-electron chi connectivity index (χ2n) is 5.78. The number of aliphatic hydroxyl groups excluding tert-OH is 1. The fourth-order valence-corrected chi connectivity index (χ4v) is 2.95. The van der Waals surface area contributed by atoms with Crippen LogP contribution in [0.4, 0.5) is 0 Å². The summed E-state index contributed by atoms with van der Waals surface area (Å²) in [7, 11) is 0. The fourth-order valence-electron chi connectivity index (χ4n) is 2.95. The van der Waals surface area contributed by atoms with Crippen molar-refractivity contribution >= 4 is 5.78 Å². The largest absolute Gasteiger partial charge is 0.393 e. The smallest absolute Gasteiger partial charge is 0.165 e.